The number of aryl methyl sites for hydroxylation is 3. The van der Waals surface area contributed by atoms with Gasteiger partial charge in [-0.3, -0.25) is 4.79 Å². The van der Waals surface area contributed by atoms with Crippen molar-refractivity contribution < 1.29 is 9.59 Å². The summed E-state index contributed by atoms with van der Waals surface area (Å²) in [4.78, 5) is 27.7. The fourth-order valence-electron chi connectivity index (χ4n) is 4.15. The average Bonchev–Trinajstić information content (AvgIpc) is 3.19. The van der Waals surface area contributed by atoms with Gasteiger partial charge in [0.25, 0.3) is 0 Å². The minimum Gasteiger partial charge on any atom is -0.315 e. The van der Waals surface area contributed by atoms with E-state index in [2.05, 4.69) is 10.6 Å². The number of amides is 3. The van der Waals surface area contributed by atoms with Crippen molar-refractivity contribution in [2.75, 3.05) is 23.7 Å². The molecule has 36 heavy (non-hydrogen) atoms. The van der Waals surface area contributed by atoms with Gasteiger partial charge in [0.1, 0.15) is 12.4 Å². The molecule has 4 rings (SSSR count). The number of rotatable bonds is 7. The van der Waals surface area contributed by atoms with E-state index in [1.165, 1.54) is 4.90 Å². The van der Waals surface area contributed by atoms with Crippen molar-refractivity contribution in [3.63, 3.8) is 0 Å². The van der Waals surface area contributed by atoms with Crippen LogP contribution in [0.2, 0.25) is 0 Å². The highest BCUT2D eigenvalue weighted by Crippen LogP contribution is 2.34. The molecule has 0 radical (unpaired) electrons. The molecule has 0 bridgehead atoms. The number of carbonyl (C=O) groups excluding carboxylic acids is 2. The highest BCUT2D eigenvalue weighted by Gasteiger charge is 2.23. The number of urea groups is 1. The van der Waals surface area contributed by atoms with Crippen LogP contribution in [0.1, 0.15) is 23.7 Å². The molecule has 184 valence electrons. The van der Waals surface area contributed by atoms with Gasteiger partial charge in [-0.2, -0.15) is 5.10 Å². The highest BCUT2D eigenvalue weighted by atomic mass is 16.2. The van der Waals surface area contributed by atoms with Crippen LogP contribution in [0.25, 0.3) is 16.8 Å². The summed E-state index contributed by atoms with van der Waals surface area (Å²) in [5.41, 5.74) is 6.18. The second kappa shape index (κ2) is 10.9. The zero-order chi connectivity index (χ0) is 25.7. The van der Waals surface area contributed by atoms with Crippen LogP contribution in [-0.4, -0.2) is 39.7 Å². The SMILES string of the molecule is CCN(CC(=O)Nc1c(-c2ccccc2)c(C)nn1-c1ccccc1C)C(=O)Nc1ccccc1C. The van der Waals surface area contributed by atoms with Crippen molar-refractivity contribution >= 4 is 23.4 Å². The van der Waals surface area contributed by atoms with Crippen LogP contribution in [0.15, 0.2) is 78.9 Å². The normalized spacial score (nSPS) is 10.7. The van der Waals surface area contributed by atoms with E-state index in [9.17, 15) is 9.59 Å². The maximum absolute atomic E-state index is 13.3. The molecule has 0 fully saturated rings. The predicted octanol–water partition coefficient (Wildman–Crippen LogP) is 5.96. The second-order valence-corrected chi connectivity index (χ2v) is 8.68. The average molecular weight is 482 g/mol. The number of likely N-dealkylation sites (N-methyl/N-ethyl adjacent to an activating group) is 1. The van der Waals surface area contributed by atoms with Crippen molar-refractivity contribution in [1.29, 1.82) is 0 Å². The van der Waals surface area contributed by atoms with Crippen LogP contribution in [0.3, 0.4) is 0 Å². The number of hydrogen-bond acceptors (Lipinski definition) is 3. The smallest absolute Gasteiger partial charge is 0.315 e. The van der Waals surface area contributed by atoms with Gasteiger partial charge in [-0.05, 0) is 56.5 Å². The van der Waals surface area contributed by atoms with Gasteiger partial charge in [0.05, 0.1) is 11.4 Å². The third kappa shape index (κ3) is 5.30. The topological polar surface area (TPSA) is 79.3 Å². The lowest BCUT2D eigenvalue weighted by atomic mass is 10.1. The van der Waals surface area contributed by atoms with Crippen LogP contribution >= 0.6 is 0 Å². The van der Waals surface area contributed by atoms with Crippen LogP contribution in [0.4, 0.5) is 16.3 Å². The molecule has 2 N–H and O–H groups in total. The zero-order valence-electron chi connectivity index (χ0n) is 21.1. The fraction of sp³-hybridized carbons (Fsp3) is 0.207. The van der Waals surface area contributed by atoms with E-state index in [-0.39, 0.29) is 18.5 Å². The van der Waals surface area contributed by atoms with Gasteiger partial charge in [-0.15, -0.1) is 0 Å². The Balaban J connectivity index is 1.63. The summed E-state index contributed by atoms with van der Waals surface area (Å²) in [7, 11) is 0. The van der Waals surface area contributed by atoms with Gasteiger partial charge in [-0.25, -0.2) is 9.48 Å². The monoisotopic (exact) mass is 481 g/mol. The fourth-order valence-corrected chi connectivity index (χ4v) is 4.15. The van der Waals surface area contributed by atoms with Gasteiger partial charge in [0.2, 0.25) is 5.91 Å². The Kier molecular flexibility index (Phi) is 7.49. The molecule has 3 amide bonds. The Morgan fingerprint density at radius 3 is 2.14 bits per heavy atom. The molecule has 7 heteroatoms. The summed E-state index contributed by atoms with van der Waals surface area (Å²) in [6.45, 7) is 8.00. The van der Waals surface area contributed by atoms with Crippen LogP contribution in [0, 0.1) is 20.8 Å². The Hall–Kier alpha value is -4.39. The summed E-state index contributed by atoms with van der Waals surface area (Å²) in [6, 6.07) is 25.0. The van der Waals surface area contributed by atoms with Crippen molar-refractivity contribution in [3.8, 4) is 16.8 Å². The lowest BCUT2D eigenvalue weighted by Gasteiger charge is -2.22. The Morgan fingerprint density at radius 2 is 1.47 bits per heavy atom. The molecule has 0 unspecified atom stereocenters. The van der Waals surface area contributed by atoms with E-state index < -0.39 is 0 Å². The summed E-state index contributed by atoms with van der Waals surface area (Å²) < 4.78 is 1.77. The standard InChI is InChI=1S/C29H31N5O2/c1-5-33(29(36)30-24-17-11-9-13-20(24)2)19-26(35)31-28-27(23-15-7-6-8-16-23)22(4)32-34(28)25-18-12-10-14-21(25)3/h6-18H,5,19H2,1-4H3,(H,30,36)(H,31,35). The first-order valence-electron chi connectivity index (χ1n) is 12.0. The second-order valence-electron chi connectivity index (χ2n) is 8.68. The molecule has 1 heterocycles. The number of nitrogens with one attached hydrogen (secondary N) is 2. The van der Waals surface area contributed by atoms with Crippen molar-refractivity contribution in [1.82, 2.24) is 14.7 Å². The van der Waals surface area contributed by atoms with E-state index >= 15 is 0 Å². The summed E-state index contributed by atoms with van der Waals surface area (Å²) in [5.74, 6) is 0.275. The van der Waals surface area contributed by atoms with Gasteiger partial charge >= 0.3 is 6.03 Å². The molecule has 3 aromatic carbocycles. The lowest BCUT2D eigenvalue weighted by molar-refractivity contribution is -0.116. The van der Waals surface area contributed by atoms with Gasteiger partial charge in [0, 0.05) is 17.8 Å². The first kappa shape index (κ1) is 24.7. The van der Waals surface area contributed by atoms with Crippen LogP contribution in [0.5, 0.6) is 0 Å². The molecule has 1 aromatic heterocycles. The number of hydrogen-bond donors (Lipinski definition) is 2. The molecule has 0 spiro atoms. The third-order valence-corrected chi connectivity index (χ3v) is 6.11. The molecule has 4 aromatic rings. The number of carbonyl (C=O) groups is 2. The van der Waals surface area contributed by atoms with Crippen molar-refractivity contribution in [3.05, 3.63) is 95.7 Å². The number of nitrogens with zero attached hydrogens (tertiary/aromatic N) is 3. The molecular formula is C29H31N5O2. The summed E-state index contributed by atoms with van der Waals surface area (Å²) in [5, 5.41) is 10.7. The van der Waals surface area contributed by atoms with E-state index in [0.29, 0.717) is 12.4 Å². The number of para-hydroxylation sites is 2. The maximum Gasteiger partial charge on any atom is 0.322 e. The van der Waals surface area contributed by atoms with Crippen LogP contribution in [-0.2, 0) is 4.79 Å². The lowest BCUT2D eigenvalue weighted by Crippen LogP contribution is -2.40. The van der Waals surface area contributed by atoms with Gasteiger partial charge in [-0.1, -0.05) is 66.7 Å². The molecule has 0 saturated heterocycles. The quantitative estimate of drug-likeness (QED) is 0.342. The minimum atomic E-state index is -0.325. The summed E-state index contributed by atoms with van der Waals surface area (Å²) >= 11 is 0. The van der Waals surface area contributed by atoms with Gasteiger partial charge < -0.3 is 15.5 Å². The zero-order valence-corrected chi connectivity index (χ0v) is 21.1. The predicted molar refractivity (Wildman–Crippen MR) is 145 cm³/mol. The highest BCUT2D eigenvalue weighted by molar-refractivity contribution is 5.99. The molecular weight excluding hydrogens is 450 g/mol. The molecule has 7 nitrogen and oxygen atoms in total. The Morgan fingerprint density at radius 1 is 0.833 bits per heavy atom. The first-order valence-corrected chi connectivity index (χ1v) is 12.0. The molecule has 0 atom stereocenters. The van der Waals surface area contributed by atoms with Crippen molar-refractivity contribution in [2.24, 2.45) is 0 Å². The minimum absolute atomic E-state index is 0.0968. The Labute approximate surface area is 211 Å². The number of benzene rings is 3. The number of aromatic nitrogens is 2. The maximum atomic E-state index is 13.3. The van der Waals surface area contributed by atoms with Crippen molar-refractivity contribution in [2.45, 2.75) is 27.7 Å². The molecule has 0 aliphatic heterocycles. The van der Waals surface area contributed by atoms with E-state index in [1.54, 1.807) is 4.68 Å². The molecule has 0 aliphatic rings. The largest absolute Gasteiger partial charge is 0.322 e. The first-order chi connectivity index (χ1) is 17.4. The third-order valence-electron chi connectivity index (χ3n) is 6.11. The van der Waals surface area contributed by atoms with E-state index in [0.717, 1.165) is 39.3 Å². The summed E-state index contributed by atoms with van der Waals surface area (Å²) in [6.07, 6.45) is 0. The van der Waals surface area contributed by atoms with Gasteiger partial charge in [0.15, 0.2) is 0 Å². The molecule has 0 aliphatic carbocycles. The Bertz CT molecular complexity index is 1380. The number of anilines is 2. The molecule has 0 saturated carbocycles. The van der Waals surface area contributed by atoms with E-state index in [4.69, 9.17) is 5.10 Å². The van der Waals surface area contributed by atoms with Crippen LogP contribution < -0.4 is 10.6 Å². The van der Waals surface area contributed by atoms with E-state index in [1.807, 2.05) is 107 Å².